The average Bonchev–Trinajstić information content (AvgIpc) is 2.46. The first-order valence-corrected chi connectivity index (χ1v) is 4.33. The molecule has 5 heteroatoms. The highest BCUT2D eigenvalue weighted by Crippen LogP contribution is 2.43. The van der Waals surface area contributed by atoms with Crippen LogP contribution in [-0.2, 0) is 15.3 Å². The standard InChI is InChI=1S/C10H10O5/c1-10(14-2)5-3-4-6(11)8(12)7(5)9(13)15-10/h3-4,11-12H,1-2H3. The highest BCUT2D eigenvalue weighted by molar-refractivity contribution is 5.98. The highest BCUT2D eigenvalue weighted by Gasteiger charge is 2.44. The molecule has 1 aromatic carbocycles. The molecular formula is C10H10O5. The van der Waals surface area contributed by atoms with Crippen LogP contribution < -0.4 is 0 Å². The monoisotopic (exact) mass is 210 g/mol. The molecule has 1 aliphatic rings. The number of rotatable bonds is 1. The molecule has 0 saturated heterocycles. The molecule has 1 aliphatic heterocycles. The molecule has 1 unspecified atom stereocenters. The van der Waals surface area contributed by atoms with E-state index in [1.54, 1.807) is 6.92 Å². The van der Waals surface area contributed by atoms with E-state index in [2.05, 4.69) is 0 Å². The molecule has 0 radical (unpaired) electrons. The summed E-state index contributed by atoms with van der Waals surface area (Å²) < 4.78 is 10.0. The molecule has 2 N–H and O–H groups in total. The fourth-order valence-corrected chi connectivity index (χ4v) is 1.60. The molecular weight excluding hydrogens is 200 g/mol. The van der Waals surface area contributed by atoms with Crippen LogP contribution in [0.3, 0.4) is 0 Å². The van der Waals surface area contributed by atoms with Crippen molar-refractivity contribution in [2.75, 3.05) is 7.11 Å². The summed E-state index contributed by atoms with van der Waals surface area (Å²) in [6.45, 7) is 1.56. The topological polar surface area (TPSA) is 76.0 Å². The SMILES string of the molecule is COC1(C)OC(=O)c2c1ccc(O)c2O. The van der Waals surface area contributed by atoms with Crippen molar-refractivity contribution in [1.29, 1.82) is 0 Å². The lowest BCUT2D eigenvalue weighted by molar-refractivity contribution is -0.172. The van der Waals surface area contributed by atoms with E-state index in [1.165, 1.54) is 19.2 Å². The Morgan fingerprint density at radius 3 is 2.67 bits per heavy atom. The van der Waals surface area contributed by atoms with Gasteiger partial charge in [-0.2, -0.15) is 0 Å². The van der Waals surface area contributed by atoms with Crippen molar-refractivity contribution in [3.8, 4) is 11.5 Å². The molecule has 0 bridgehead atoms. The maximum absolute atomic E-state index is 11.4. The van der Waals surface area contributed by atoms with Crippen molar-refractivity contribution < 1.29 is 24.5 Å². The number of esters is 1. The van der Waals surface area contributed by atoms with Gasteiger partial charge in [-0.15, -0.1) is 0 Å². The van der Waals surface area contributed by atoms with Crippen LogP contribution in [0.4, 0.5) is 0 Å². The first kappa shape index (κ1) is 9.79. The number of hydrogen-bond acceptors (Lipinski definition) is 5. The lowest BCUT2D eigenvalue weighted by Crippen LogP contribution is -2.23. The first-order valence-electron chi connectivity index (χ1n) is 4.33. The number of carbonyl (C=O) groups excluding carboxylic acids is 1. The van der Waals surface area contributed by atoms with Gasteiger partial charge in [0.05, 0.1) is 0 Å². The number of ether oxygens (including phenoxy) is 2. The summed E-state index contributed by atoms with van der Waals surface area (Å²) in [6.07, 6.45) is 0. The summed E-state index contributed by atoms with van der Waals surface area (Å²) in [6, 6.07) is 2.77. The second-order valence-corrected chi connectivity index (χ2v) is 3.40. The third-order valence-corrected chi connectivity index (χ3v) is 2.53. The number of carbonyl (C=O) groups is 1. The average molecular weight is 210 g/mol. The summed E-state index contributed by atoms with van der Waals surface area (Å²) in [5.41, 5.74) is 0.365. The fourth-order valence-electron chi connectivity index (χ4n) is 1.60. The van der Waals surface area contributed by atoms with Crippen LogP contribution in [0.5, 0.6) is 11.5 Å². The van der Waals surface area contributed by atoms with E-state index in [-0.39, 0.29) is 11.3 Å². The van der Waals surface area contributed by atoms with E-state index in [4.69, 9.17) is 9.47 Å². The molecule has 0 amide bonds. The third kappa shape index (κ3) is 1.16. The van der Waals surface area contributed by atoms with Crippen molar-refractivity contribution in [3.05, 3.63) is 23.3 Å². The second kappa shape index (κ2) is 2.87. The lowest BCUT2D eigenvalue weighted by atomic mass is 10.0. The Labute approximate surface area is 85.9 Å². The number of hydrogen-bond donors (Lipinski definition) is 2. The first-order chi connectivity index (χ1) is 6.99. The summed E-state index contributed by atoms with van der Waals surface area (Å²) >= 11 is 0. The van der Waals surface area contributed by atoms with Gasteiger partial charge in [0.2, 0.25) is 5.79 Å². The molecule has 80 valence electrons. The van der Waals surface area contributed by atoms with Gasteiger partial charge >= 0.3 is 5.97 Å². The fraction of sp³-hybridized carbons (Fsp3) is 0.300. The van der Waals surface area contributed by atoms with E-state index in [0.717, 1.165) is 0 Å². The van der Waals surface area contributed by atoms with Crippen LogP contribution in [0.15, 0.2) is 12.1 Å². The second-order valence-electron chi connectivity index (χ2n) is 3.40. The molecule has 1 aromatic rings. The minimum atomic E-state index is -1.20. The van der Waals surface area contributed by atoms with Crippen molar-refractivity contribution in [2.45, 2.75) is 12.7 Å². The largest absolute Gasteiger partial charge is 0.504 e. The predicted octanol–water partition coefficient (Wildman–Crippen LogP) is 1.09. The summed E-state index contributed by atoms with van der Waals surface area (Å²) in [5, 5.41) is 18.8. The Kier molecular flexibility index (Phi) is 1.87. The van der Waals surface area contributed by atoms with E-state index in [1.807, 2.05) is 0 Å². The van der Waals surface area contributed by atoms with Crippen molar-refractivity contribution in [1.82, 2.24) is 0 Å². The van der Waals surface area contributed by atoms with Crippen LogP contribution in [0.2, 0.25) is 0 Å². The van der Waals surface area contributed by atoms with Crippen molar-refractivity contribution in [2.24, 2.45) is 0 Å². The number of methoxy groups -OCH3 is 1. The number of aromatic hydroxyl groups is 2. The maximum atomic E-state index is 11.4. The maximum Gasteiger partial charge on any atom is 0.345 e. The molecule has 5 nitrogen and oxygen atoms in total. The molecule has 0 fully saturated rings. The van der Waals surface area contributed by atoms with Gasteiger partial charge in [-0.3, -0.25) is 0 Å². The van der Waals surface area contributed by atoms with E-state index < -0.39 is 17.5 Å². The zero-order chi connectivity index (χ0) is 11.2. The minimum absolute atomic E-state index is 0.0423. The van der Waals surface area contributed by atoms with E-state index in [0.29, 0.717) is 5.56 Å². The molecule has 1 atom stereocenters. The van der Waals surface area contributed by atoms with Gasteiger partial charge in [0.15, 0.2) is 11.5 Å². The van der Waals surface area contributed by atoms with Crippen LogP contribution in [-0.4, -0.2) is 23.3 Å². The Bertz CT molecular complexity index is 440. The molecule has 1 heterocycles. The molecule has 0 aromatic heterocycles. The zero-order valence-electron chi connectivity index (χ0n) is 8.27. The Hall–Kier alpha value is -1.75. The van der Waals surface area contributed by atoms with Gasteiger partial charge in [-0.05, 0) is 12.1 Å². The van der Waals surface area contributed by atoms with Crippen LogP contribution in [0, 0.1) is 0 Å². The molecule has 0 spiro atoms. The predicted molar refractivity (Wildman–Crippen MR) is 49.5 cm³/mol. The quantitative estimate of drug-likeness (QED) is 0.536. The lowest BCUT2D eigenvalue weighted by Gasteiger charge is -2.21. The van der Waals surface area contributed by atoms with Gasteiger partial charge in [0.1, 0.15) is 5.56 Å². The number of phenols is 2. The molecule has 2 rings (SSSR count). The van der Waals surface area contributed by atoms with Crippen LogP contribution in [0.1, 0.15) is 22.8 Å². The Morgan fingerprint density at radius 2 is 2.07 bits per heavy atom. The van der Waals surface area contributed by atoms with Crippen LogP contribution >= 0.6 is 0 Å². The number of cyclic esters (lactones) is 1. The Morgan fingerprint density at radius 1 is 1.40 bits per heavy atom. The smallest absolute Gasteiger partial charge is 0.345 e. The van der Waals surface area contributed by atoms with E-state index >= 15 is 0 Å². The summed E-state index contributed by atoms with van der Waals surface area (Å²) in [4.78, 5) is 11.4. The number of phenolic OH excluding ortho intramolecular Hbond substituents is 2. The number of benzene rings is 1. The van der Waals surface area contributed by atoms with Gasteiger partial charge in [0.25, 0.3) is 0 Å². The zero-order valence-corrected chi connectivity index (χ0v) is 8.27. The minimum Gasteiger partial charge on any atom is -0.504 e. The third-order valence-electron chi connectivity index (χ3n) is 2.53. The molecule has 15 heavy (non-hydrogen) atoms. The highest BCUT2D eigenvalue weighted by atomic mass is 16.7. The van der Waals surface area contributed by atoms with Gasteiger partial charge in [-0.25, -0.2) is 4.79 Å². The van der Waals surface area contributed by atoms with E-state index in [9.17, 15) is 15.0 Å². The molecule has 0 saturated carbocycles. The summed E-state index contributed by atoms with van der Waals surface area (Å²) in [7, 11) is 1.40. The summed E-state index contributed by atoms with van der Waals surface area (Å²) in [5.74, 6) is -2.73. The normalized spacial score (nSPS) is 23.7. The Balaban J connectivity index is 2.70. The van der Waals surface area contributed by atoms with Gasteiger partial charge in [0, 0.05) is 19.6 Å². The van der Waals surface area contributed by atoms with Gasteiger partial charge < -0.3 is 19.7 Å². The number of fused-ring (bicyclic) bond motifs is 1. The van der Waals surface area contributed by atoms with Crippen molar-refractivity contribution >= 4 is 5.97 Å². The van der Waals surface area contributed by atoms with Crippen molar-refractivity contribution in [3.63, 3.8) is 0 Å². The van der Waals surface area contributed by atoms with Gasteiger partial charge in [-0.1, -0.05) is 0 Å². The molecule has 0 aliphatic carbocycles. The van der Waals surface area contributed by atoms with Crippen LogP contribution in [0.25, 0.3) is 0 Å².